The minimum atomic E-state index is -4.23. The zero-order valence-electron chi connectivity index (χ0n) is 13.4. The molecule has 0 aromatic heterocycles. The highest BCUT2D eigenvalue weighted by molar-refractivity contribution is 7.85. The number of carboxylic acids is 1. The smallest absolute Gasteiger partial charge is 0.335 e. The minimum absolute atomic E-state index is 0.0396. The molecule has 0 aliphatic carbocycles. The second kappa shape index (κ2) is 7.91. The number of rotatable bonds is 6. The van der Waals surface area contributed by atoms with Crippen molar-refractivity contribution >= 4 is 22.0 Å². The van der Waals surface area contributed by atoms with E-state index in [0.29, 0.717) is 31.7 Å². The van der Waals surface area contributed by atoms with E-state index in [0.717, 1.165) is 0 Å². The van der Waals surface area contributed by atoms with Crippen molar-refractivity contribution in [3.05, 3.63) is 35.4 Å². The summed E-state index contributed by atoms with van der Waals surface area (Å²) in [6.45, 7) is 1.69. The summed E-state index contributed by atoms with van der Waals surface area (Å²) in [5, 5.41) is 18.6. The summed E-state index contributed by atoms with van der Waals surface area (Å²) in [4.78, 5) is 26.8. The summed E-state index contributed by atoms with van der Waals surface area (Å²) in [6.07, 6.45) is -1.20. The fourth-order valence-electron chi connectivity index (χ4n) is 2.70. The zero-order chi connectivity index (χ0) is 18.6. The van der Waals surface area contributed by atoms with E-state index >= 15 is 0 Å². The molecule has 10 heteroatoms. The van der Waals surface area contributed by atoms with Crippen LogP contribution in [-0.2, 0) is 10.1 Å². The summed E-state index contributed by atoms with van der Waals surface area (Å²) in [5.41, 5.74) is 0.331. The topological polar surface area (TPSA) is 135 Å². The molecule has 1 heterocycles. The molecule has 2 rings (SSSR count). The highest BCUT2D eigenvalue weighted by atomic mass is 32.2. The van der Waals surface area contributed by atoms with Gasteiger partial charge in [0.05, 0.1) is 11.7 Å². The normalized spacial score (nSPS) is 17.3. The van der Waals surface area contributed by atoms with Crippen LogP contribution >= 0.6 is 0 Å². The van der Waals surface area contributed by atoms with Crippen LogP contribution < -0.4 is 0 Å². The molecular weight excluding hydrogens is 352 g/mol. The lowest BCUT2D eigenvalue weighted by Gasteiger charge is -2.35. The fraction of sp³-hybridized carbons (Fsp3) is 0.467. The molecule has 1 saturated heterocycles. The minimum Gasteiger partial charge on any atom is -0.478 e. The van der Waals surface area contributed by atoms with Crippen LogP contribution in [0.1, 0.15) is 20.7 Å². The maximum Gasteiger partial charge on any atom is 0.335 e. The molecule has 0 saturated carbocycles. The maximum absolute atomic E-state index is 12.4. The van der Waals surface area contributed by atoms with Crippen LogP contribution in [0.4, 0.5) is 0 Å². The lowest BCUT2D eigenvalue weighted by molar-refractivity contribution is 0.0556. The number of carboxylic acid groups (broad SMARTS) is 1. The maximum atomic E-state index is 12.4. The molecule has 0 radical (unpaired) electrons. The van der Waals surface area contributed by atoms with Crippen molar-refractivity contribution in [1.29, 1.82) is 0 Å². The van der Waals surface area contributed by atoms with Crippen molar-refractivity contribution in [2.45, 2.75) is 6.10 Å². The molecule has 1 amide bonds. The number of β-amino-alcohol motifs (C(OH)–C–C–N with tert-alkyl or cyclic N) is 1. The summed E-state index contributed by atoms with van der Waals surface area (Å²) in [5.74, 6) is -2.11. The number of hydrogen-bond acceptors (Lipinski definition) is 6. The monoisotopic (exact) mass is 372 g/mol. The second-order valence-electron chi connectivity index (χ2n) is 5.88. The van der Waals surface area contributed by atoms with E-state index in [4.69, 9.17) is 9.66 Å². The highest BCUT2D eigenvalue weighted by Gasteiger charge is 2.25. The first-order valence-electron chi connectivity index (χ1n) is 7.64. The van der Waals surface area contributed by atoms with Crippen LogP contribution in [0.25, 0.3) is 0 Å². The van der Waals surface area contributed by atoms with Crippen molar-refractivity contribution in [3.8, 4) is 0 Å². The van der Waals surface area contributed by atoms with Crippen LogP contribution in [0.3, 0.4) is 0 Å². The van der Waals surface area contributed by atoms with E-state index in [1.165, 1.54) is 18.2 Å². The number of aromatic carboxylic acids is 1. The number of amides is 1. The molecule has 1 atom stereocenters. The molecule has 138 valence electrons. The molecule has 9 nitrogen and oxygen atoms in total. The van der Waals surface area contributed by atoms with Crippen LogP contribution in [0, 0.1) is 0 Å². The molecule has 1 aromatic carbocycles. The summed E-state index contributed by atoms with van der Waals surface area (Å²) >= 11 is 0. The van der Waals surface area contributed by atoms with Gasteiger partial charge in [-0.3, -0.25) is 14.2 Å². The van der Waals surface area contributed by atoms with Gasteiger partial charge < -0.3 is 15.1 Å². The van der Waals surface area contributed by atoms with Crippen molar-refractivity contribution in [2.24, 2.45) is 0 Å². The average molecular weight is 372 g/mol. The van der Waals surface area contributed by atoms with E-state index in [-0.39, 0.29) is 18.0 Å². The fourth-order valence-corrected chi connectivity index (χ4v) is 3.29. The Morgan fingerprint density at radius 1 is 1.12 bits per heavy atom. The first kappa shape index (κ1) is 19.3. The van der Waals surface area contributed by atoms with Crippen molar-refractivity contribution in [2.75, 3.05) is 38.5 Å². The van der Waals surface area contributed by atoms with E-state index in [1.807, 2.05) is 0 Å². The Morgan fingerprint density at radius 3 is 2.28 bits per heavy atom. The number of hydrogen-bond donors (Lipinski definition) is 3. The van der Waals surface area contributed by atoms with Gasteiger partial charge in [0.25, 0.3) is 16.0 Å². The van der Waals surface area contributed by atoms with Crippen LogP contribution in [0.2, 0.25) is 0 Å². The molecule has 3 N–H and O–H groups in total. The molecule has 25 heavy (non-hydrogen) atoms. The second-order valence-corrected chi connectivity index (χ2v) is 7.38. The molecule has 0 unspecified atom stereocenters. The number of carbonyl (C=O) groups is 2. The van der Waals surface area contributed by atoms with Gasteiger partial charge in [-0.2, -0.15) is 8.42 Å². The summed E-state index contributed by atoms with van der Waals surface area (Å²) in [7, 11) is -4.23. The number of piperazine rings is 1. The Balaban J connectivity index is 1.90. The molecular formula is C15H20N2O7S. The lowest BCUT2D eigenvalue weighted by atomic mass is 10.1. The van der Waals surface area contributed by atoms with Crippen LogP contribution in [-0.4, -0.2) is 89.4 Å². The van der Waals surface area contributed by atoms with Gasteiger partial charge in [0.1, 0.15) is 5.75 Å². The van der Waals surface area contributed by atoms with Crippen molar-refractivity contribution < 1.29 is 32.8 Å². The third-order valence-corrected chi connectivity index (χ3v) is 4.69. The van der Waals surface area contributed by atoms with Gasteiger partial charge in [-0.25, -0.2) is 4.79 Å². The Kier molecular flexibility index (Phi) is 6.11. The van der Waals surface area contributed by atoms with E-state index in [9.17, 15) is 23.1 Å². The van der Waals surface area contributed by atoms with Gasteiger partial charge >= 0.3 is 5.97 Å². The number of aliphatic hydroxyl groups excluding tert-OH is 1. The number of benzene rings is 1. The van der Waals surface area contributed by atoms with E-state index < -0.39 is 27.9 Å². The van der Waals surface area contributed by atoms with E-state index in [1.54, 1.807) is 15.9 Å². The summed E-state index contributed by atoms with van der Waals surface area (Å²) in [6, 6.07) is 5.80. The quantitative estimate of drug-likeness (QED) is 0.563. The number of nitrogens with zero attached hydrogens (tertiary/aromatic N) is 2. The molecule has 1 fully saturated rings. The zero-order valence-corrected chi connectivity index (χ0v) is 14.2. The molecule has 0 bridgehead atoms. The average Bonchev–Trinajstić information content (AvgIpc) is 2.53. The van der Waals surface area contributed by atoms with Crippen LogP contribution in [0.5, 0.6) is 0 Å². The predicted octanol–water partition coefficient (Wildman–Crippen LogP) is -0.609. The Morgan fingerprint density at radius 2 is 1.72 bits per heavy atom. The summed E-state index contributed by atoms with van der Waals surface area (Å²) < 4.78 is 30.2. The Hall–Kier alpha value is -2.01. The largest absolute Gasteiger partial charge is 0.478 e. The number of aliphatic hydroxyl groups is 1. The first-order valence-corrected chi connectivity index (χ1v) is 9.25. The Bertz CT molecular complexity index is 742. The SMILES string of the molecule is O=C(O)c1cccc(C(=O)N2CCN(C[C@H](O)CS(=O)(=O)O)CC2)c1. The van der Waals surface area contributed by atoms with Gasteiger partial charge in [0.15, 0.2) is 0 Å². The first-order chi connectivity index (χ1) is 11.7. The molecule has 1 aliphatic rings. The van der Waals surface area contributed by atoms with Gasteiger partial charge in [-0.1, -0.05) is 6.07 Å². The van der Waals surface area contributed by atoms with Gasteiger partial charge in [-0.05, 0) is 18.2 Å². The van der Waals surface area contributed by atoms with Gasteiger partial charge in [0, 0.05) is 38.3 Å². The lowest BCUT2D eigenvalue weighted by Crippen LogP contribution is -2.51. The molecule has 0 spiro atoms. The predicted molar refractivity (Wildman–Crippen MR) is 88.2 cm³/mol. The van der Waals surface area contributed by atoms with Crippen LogP contribution in [0.15, 0.2) is 24.3 Å². The third-order valence-electron chi connectivity index (χ3n) is 3.89. The molecule has 1 aliphatic heterocycles. The Labute approximate surface area is 145 Å². The number of carbonyl (C=O) groups excluding carboxylic acids is 1. The highest BCUT2D eigenvalue weighted by Crippen LogP contribution is 2.12. The van der Waals surface area contributed by atoms with Gasteiger partial charge in [0.2, 0.25) is 0 Å². The third kappa shape index (κ3) is 5.78. The van der Waals surface area contributed by atoms with Gasteiger partial charge in [-0.15, -0.1) is 0 Å². The standard InChI is InChI=1S/C15H20N2O7S/c18-13(10-25(22,23)24)9-16-4-6-17(7-5-16)14(19)11-2-1-3-12(8-11)15(20)21/h1-3,8,13,18H,4-7,9-10H2,(H,20,21)(H,22,23,24)/t13-/m0/s1. The molecule has 1 aromatic rings. The van der Waals surface area contributed by atoms with Crippen molar-refractivity contribution in [1.82, 2.24) is 9.80 Å². The van der Waals surface area contributed by atoms with E-state index in [2.05, 4.69) is 0 Å². The van der Waals surface area contributed by atoms with Crippen molar-refractivity contribution in [3.63, 3.8) is 0 Å².